The molecule has 0 spiro atoms. The van der Waals surface area contributed by atoms with E-state index in [1.807, 2.05) is 74.2 Å². The van der Waals surface area contributed by atoms with Crippen molar-refractivity contribution in [3.05, 3.63) is 76.0 Å². The average molecular weight is 522 g/mol. The first-order valence-electron chi connectivity index (χ1n) is 12.7. The number of nitrogens with zero attached hydrogens (tertiary/aromatic N) is 2. The van der Waals surface area contributed by atoms with E-state index in [0.29, 0.717) is 30.3 Å². The number of rotatable bonds is 9. The maximum Gasteiger partial charge on any atom is 0.322 e. The molecule has 3 aromatic rings. The highest BCUT2D eigenvalue weighted by Crippen LogP contribution is 2.34. The number of aryl methyl sites for hydroxylation is 1. The largest absolute Gasteiger partial charge is 0.497 e. The Morgan fingerprint density at radius 1 is 1.16 bits per heavy atom. The summed E-state index contributed by atoms with van der Waals surface area (Å²) in [6.45, 7) is 6.90. The maximum absolute atomic E-state index is 13.7. The standard InChI is InChI=1S/C29H35N3O4S/c1-5-21(3)32(29(34)30-22-11-9-20(2)10-12-22)18-28(33)31-15-13-27-25(14-16-37-27)26(31)19-36-24-8-6-7-23(17-24)35-4/h6-12,14,16-17,21,26H,5,13,15,18-19H2,1-4H3,(H,30,34). The fourth-order valence-electron chi connectivity index (χ4n) is 4.46. The van der Waals surface area contributed by atoms with Crippen LogP contribution in [0.4, 0.5) is 10.5 Å². The van der Waals surface area contributed by atoms with Gasteiger partial charge in [0.25, 0.3) is 0 Å². The van der Waals surface area contributed by atoms with Crippen molar-refractivity contribution in [2.45, 2.75) is 45.7 Å². The van der Waals surface area contributed by atoms with Gasteiger partial charge in [-0.3, -0.25) is 4.79 Å². The van der Waals surface area contributed by atoms with Crippen LogP contribution in [0, 0.1) is 6.92 Å². The fourth-order valence-corrected chi connectivity index (χ4v) is 5.39. The van der Waals surface area contributed by atoms with E-state index in [1.54, 1.807) is 23.3 Å². The molecule has 1 aliphatic heterocycles. The van der Waals surface area contributed by atoms with Crippen molar-refractivity contribution in [1.29, 1.82) is 0 Å². The maximum atomic E-state index is 13.7. The number of methoxy groups -OCH3 is 1. The van der Waals surface area contributed by atoms with Crippen molar-refractivity contribution < 1.29 is 19.1 Å². The van der Waals surface area contributed by atoms with Crippen molar-refractivity contribution >= 4 is 29.0 Å². The van der Waals surface area contributed by atoms with Gasteiger partial charge in [0.1, 0.15) is 24.7 Å². The second-order valence-electron chi connectivity index (χ2n) is 9.32. The third kappa shape index (κ3) is 6.43. The number of carbonyl (C=O) groups is 2. The number of benzene rings is 2. The van der Waals surface area contributed by atoms with Gasteiger partial charge < -0.3 is 24.6 Å². The van der Waals surface area contributed by atoms with Crippen LogP contribution in [0.2, 0.25) is 0 Å². The highest BCUT2D eigenvalue weighted by Gasteiger charge is 2.34. The van der Waals surface area contributed by atoms with Crippen LogP contribution >= 0.6 is 11.3 Å². The molecule has 0 saturated carbocycles. The van der Waals surface area contributed by atoms with Gasteiger partial charge in [0.2, 0.25) is 5.91 Å². The number of nitrogens with one attached hydrogen (secondary N) is 1. The molecule has 3 amide bonds. The van der Waals surface area contributed by atoms with Crippen molar-refractivity contribution in [2.75, 3.05) is 32.1 Å². The molecule has 1 aromatic heterocycles. The number of carbonyl (C=O) groups excluding carboxylic acids is 2. The first-order valence-corrected chi connectivity index (χ1v) is 13.5. The molecule has 7 nitrogen and oxygen atoms in total. The third-order valence-corrected chi connectivity index (χ3v) is 7.85. The fraction of sp³-hybridized carbons (Fsp3) is 0.379. The van der Waals surface area contributed by atoms with Crippen molar-refractivity contribution in [3.63, 3.8) is 0 Å². The van der Waals surface area contributed by atoms with Gasteiger partial charge >= 0.3 is 6.03 Å². The van der Waals surface area contributed by atoms with E-state index < -0.39 is 0 Å². The number of urea groups is 1. The molecule has 1 N–H and O–H groups in total. The van der Waals surface area contributed by atoms with Gasteiger partial charge in [0.05, 0.1) is 13.2 Å². The quantitative estimate of drug-likeness (QED) is 0.380. The van der Waals surface area contributed by atoms with Crippen LogP contribution in [-0.4, -0.2) is 54.6 Å². The van der Waals surface area contributed by atoms with Crippen LogP contribution < -0.4 is 14.8 Å². The van der Waals surface area contributed by atoms with Crippen molar-refractivity contribution in [3.8, 4) is 11.5 Å². The summed E-state index contributed by atoms with van der Waals surface area (Å²) >= 11 is 1.71. The highest BCUT2D eigenvalue weighted by atomic mass is 32.1. The van der Waals surface area contributed by atoms with Gasteiger partial charge in [-0.05, 0) is 68.0 Å². The number of amides is 3. The van der Waals surface area contributed by atoms with E-state index in [-0.39, 0.29) is 30.6 Å². The van der Waals surface area contributed by atoms with Crippen LogP contribution in [0.15, 0.2) is 60.0 Å². The van der Waals surface area contributed by atoms with Crippen LogP contribution in [0.5, 0.6) is 11.5 Å². The molecule has 0 fully saturated rings. The summed E-state index contributed by atoms with van der Waals surface area (Å²) in [7, 11) is 1.62. The number of fused-ring (bicyclic) bond motifs is 1. The number of hydrogen-bond donors (Lipinski definition) is 1. The average Bonchev–Trinajstić information content (AvgIpc) is 3.40. The Morgan fingerprint density at radius 3 is 2.65 bits per heavy atom. The Labute approximate surface area is 223 Å². The van der Waals surface area contributed by atoms with Gasteiger partial charge in [0, 0.05) is 29.2 Å². The SMILES string of the molecule is CCC(C)N(CC(=O)N1CCc2sccc2C1COc1cccc(OC)c1)C(=O)Nc1ccc(C)cc1. The Balaban J connectivity index is 1.50. The van der Waals surface area contributed by atoms with E-state index in [0.717, 1.165) is 24.0 Å². The Kier molecular flexibility index (Phi) is 8.71. The number of thiophene rings is 1. The van der Waals surface area contributed by atoms with E-state index >= 15 is 0 Å². The molecule has 2 heterocycles. The zero-order chi connectivity index (χ0) is 26.4. The summed E-state index contributed by atoms with van der Waals surface area (Å²) in [5.74, 6) is 1.32. The predicted molar refractivity (Wildman–Crippen MR) is 148 cm³/mol. The molecule has 2 unspecified atom stereocenters. The molecule has 2 atom stereocenters. The molecule has 196 valence electrons. The lowest BCUT2D eigenvalue weighted by molar-refractivity contribution is -0.135. The minimum atomic E-state index is -0.274. The lowest BCUT2D eigenvalue weighted by Gasteiger charge is -2.38. The second-order valence-corrected chi connectivity index (χ2v) is 10.3. The van der Waals surface area contributed by atoms with E-state index in [4.69, 9.17) is 9.47 Å². The molecule has 0 saturated heterocycles. The summed E-state index contributed by atoms with van der Waals surface area (Å²) in [6, 6.07) is 16.6. The lowest BCUT2D eigenvalue weighted by atomic mass is 10.00. The van der Waals surface area contributed by atoms with Gasteiger partial charge in [0.15, 0.2) is 0 Å². The van der Waals surface area contributed by atoms with Crippen LogP contribution in [0.25, 0.3) is 0 Å². The summed E-state index contributed by atoms with van der Waals surface area (Å²) < 4.78 is 11.5. The number of ether oxygens (including phenoxy) is 2. The normalized spacial score (nSPS) is 15.5. The molecular formula is C29H35N3O4S. The van der Waals surface area contributed by atoms with Gasteiger partial charge in [-0.15, -0.1) is 11.3 Å². The summed E-state index contributed by atoms with van der Waals surface area (Å²) in [6.07, 6.45) is 1.54. The summed E-state index contributed by atoms with van der Waals surface area (Å²) in [5, 5.41) is 5.02. The minimum Gasteiger partial charge on any atom is -0.497 e. The third-order valence-electron chi connectivity index (χ3n) is 6.86. The molecule has 8 heteroatoms. The molecule has 0 bridgehead atoms. The van der Waals surface area contributed by atoms with Crippen molar-refractivity contribution in [2.24, 2.45) is 0 Å². The zero-order valence-corrected chi connectivity index (χ0v) is 22.7. The van der Waals surface area contributed by atoms with Gasteiger partial charge in [-0.2, -0.15) is 0 Å². The Bertz CT molecular complexity index is 1210. The van der Waals surface area contributed by atoms with E-state index in [9.17, 15) is 9.59 Å². The lowest BCUT2D eigenvalue weighted by Crippen LogP contribution is -2.50. The Morgan fingerprint density at radius 2 is 1.92 bits per heavy atom. The molecule has 4 rings (SSSR count). The first-order chi connectivity index (χ1) is 17.9. The minimum absolute atomic E-state index is 0.00182. The first kappa shape index (κ1) is 26.5. The summed E-state index contributed by atoms with van der Waals surface area (Å²) in [4.78, 5) is 31.7. The predicted octanol–water partition coefficient (Wildman–Crippen LogP) is 5.90. The molecule has 0 radical (unpaired) electrons. The summed E-state index contributed by atoms with van der Waals surface area (Å²) in [5.41, 5.74) is 2.94. The topological polar surface area (TPSA) is 71.1 Å². The van der Waals surface area contributed by atoms with Gasteiger partial charge in [-0.25, -0.2) is 4.79 Å². The Hall–Kier alpha value is -3.52. The second kappa shape index (κ2) is 12.1. The van der Waals surface area contributed by atoms with Crippen LogP contribution in [0.3, 0.4) is 0 Å². The molecule has 1 aliphatic rings. The zero-order valence-electron chi connectivity index (χ0n) is 21.9. The van der Waals surface area contributed by atoms with Crippen LogP contribution in [-0.2, 0) is 11.2 Å². The molecular weight excluding hydrogens is 486 g/mol. The molecule has 2 aromatic carbocycles. The van der Waals surface area contributed by atoms with Crippen molar-refractivity contribution in [1.82, 2.24) is 9.80 Å². The smallest absolute Gasteiger partial charge is 0.322 e. The van der Waals surface area contributed by atoms with Gasteiger partial charge in [-0.1, -0.05) is 30.7 Å². The van der Waals surface area contributed by atoms with E-state index in [1.165, 1.54) is 4.88 Å². The van der Waals surface area contributed by atoms with E-state index in [2.05, 4.69) is 16.8 Å². The highest BCUT2D eigenvalue weighted by molar-refractivity contribution is 7.10. The molecule has 0 aliphatic carbocycles. The number of anilines is 1. The number of hydrogen-bond acceptors (Lipinski definition) is 5. The molecule has 37 heavy (non-hydrogen) atoms. The van der Waals surface area contributed by atoms with Crippen LogP contribution in [0.1, 0.15) is 42.3 Å². The monoisotopic (exact) mass is 521 g/mol.